The first kappa shape index (κ1) is 11.7. The van der Waals surface area contributed by atoms with Gasteiger partial charge >= 0.3 is 5.97 Å². The molecule has 2 N–H and O–H groups in total. The van der Waals surface area contributed by atoms with Crippen molar-refractivity contribution in [3.05, 3.63) is 35.9 Å². The summed E-state index contributed by atoms with van der Waals surface area (Å²) in [5, 5.41) is 0. The minimum atomic E-state index is -0.590. The third-order valence-corrected chi connectivity index (χ3v) is 2.42. The van der Waals surface area contributed by atoms with E-state index in [4.69, 9.17) is 10.5 Å². The fourth-order valence-corrected chi connectivity index (χ4v) is 1.41. The second-order valence-corrected chi connectivity index (χ2v) is 3.48. The van der Waals surface area contributed by atoms with E-state index in [1.165, 1.54) is 0 Å². The van der Waals surface area contributed by atoms with Gasteiger partial charge in [0, 0.05) is 5.92 Å². The number of ether oxygens (including phenoxy) is 1. The predicted molar refractivity (Wildman–Crippen MR) is 59.5 cm³/mol. The molecule has 0 aliphatic rings. The summed E-state index contributed by atoms with van der Waals surface area (Å²) < 4.78 is 4.88. The van der Waals surface area contributed by atoms with Gasteiger partial charge in [-0.05, 0) is 12.5 Å². The van der Waals surface area contributed by atoms with Gasteiger partial charge in [-0.15, -0.1) is 0 Å². The molecule has 0 spiro atoms. The molecule has 0 aliphatic carbocycles. The third kappa shape index (κ3) is 3.06. The van der Waals surface area contributed by atoms with Gasteiger partial charge in [-0.1, -0.05) is 37.3 Å². The van der Waals surface area contributed by atoms with E-state index in [-0.39, 0.29) is 11.9 Å². The van der Waals surface area contributed by atoms with E-state index in [1.807, 2.05) is 37.3 Å². The molecule has 1 aromatic carbocycles. The van der Waals surface area contributed by atoms with Crippen LogP contribution in [0.25, 0.3) is 0 Å². The molecule has 0 aliphatic heterocycles. The van der Waals surface area contributed by atoms with Crippen LogP contribution in [0.2, 0.25) is 0 Å². The fraction of sp³-hybridized carbons (Fsp3) is 0.417. The molecule has 0 heterocycles. The smallest absolute Gasteiger partial charge is 0.323 e. The topological polar surface area (TPSA) is 52.3 Å². The Hall–Kier alpha value is -1.35. The standard InChI is InChI=1S/C12H17NO2/c1-3-15-12(14)11(13)9(2)10-7-5-4-6-8-10/h4-9,11H,3,13H2,1-2H3/t9-,11+/m1/s1. The van der Waals surface area contributed by atoms with Crippen LogP contribution < -0.4 is 5.73 Å². The van der Waals surface area contributed by atoms with Crippen LogP contribution in [0, 0.1) is 0 Å². The highest BCUT2D eigenvalue weighted by Crippen LogP contribution is 2.18. The molecule has 0 radical (unpaired) electrons. The largest absolute Gasteiger partial charge is 0.465 e. The Bertz CT molecular complexity index is 311. The number of esters is 1. The molecule has 0 saturated heterocycles. The maximum atomic E-state index is 11.4. The number of carbonyl (C=O) groups is 1. The second-order valence-electron chi connectivity index (χ2n) is 3.48. The van der Waals surface area contributed by atoms with Crippen molar-refractivity contribution in [1.82, 2.24) is 0 Å². The van der Waals surface area contributed by atoms with E-state index in [0.717, 1.165) is 5.56 Å². The summed E-state index contributed by atoms with van der Waals surface area (Å²) in [4.78, 5) is 11.4. The Balaban J connectivity index is 2.68. The highest BCUT2D eigenvalue weighted by Gasteiger charge is 2.22. The second kappa shape index (κ2) is 5.51. The van der Waals surface area contributed by atoms with Gasteiger partial charge in [-0.2, -0.15) is 0 Å². The van der Waals surface area contributed by atoms with E-state index in [1.54, 1.807) is 6.92 Å². The molecular formula is C12H17NO2. The summed E-state index contributed by atoms with van der Waals surface area (Å²) in [6, 6.07) is 9.14. The van der Waals surface area contributed by atoms with Gasteiger partial charge in [-0.25, -0.2) is 0 Å². The van der Waals surface area contributed by atoms with Crippen LogP contribution in [-0.2, 0) is 9.53 Å². The third-order valence-electron chi connectivity index (χ3n) is 2.42. The first-order valence-corrected chi connectivity index (χ1v) is 5.14. The molecule has 0 unspecified atom stereocenters. The number of hydrogen-bond acceptors (Lipinski definition) is 3. The molecule has 0 amide bonds. The fourth-order valence-electron chi connectivity index (χ4n) is 1.41. The van der Waals surface area contributed by atoms with Crippen molar-refractivity contribution in [3.8, 4) is 0 Å². The number of nitrogens with two attached hydrogens (primary N) is 1. The molecule has 82 valence electrons. The normalized spacial score (nSPS) is 14.3. The molecule has 2 atom stereocenters. The molecule has 0 fully saturated rings. The lowest BCUT2D eigenvalue weighted by molar-refractivity contribution is -0.145. The van der Waals surface area contributed by atoms with E-state index in [9.17, 15) is 4.79 Å². The molecule has 1 aromatic rings. The highest BCUT2D eigenvalue weighted by molar-refractivity contribution is 5.76. The quantitative estimate of drug-likeness (QED) is 0.764. The van der Waals surface area contributed by atoms with Gasteiger partial charge in [0.2, 0.25) is 0 Å². The summed E-state index contributed by atoms with van der Waals surface area (Å²) in [5.74, 6) is -0.362. The molecule has 1 rings (SSSR count). The van der Waals surface area contributed by atoms with Crippen LogP contribution in [0.15, 0.2) is 30.3 Å². The zero-order valence-electron chi connectivity index (χ0n) is 9.14. The molecule has 0 bridgehead atoms. The maximum absolute atomic E-state index is 11.4. The van der Waals surface area contributed by atoms with Gasteiger partial charge in [0.15, 0.2) is 0 Å². The van der Waals surface area contributed by atoms with Crippen molar-refractivity contribution in [2.24, 2.45) is 5.73 Å². The summed E-state index contributed by atoms with van der Waals surface area (Å²) in [7, 11) is 0. The Kier molecular flexibility index (Phi) is 4.31. The predicted octanol–water partition coefficient (Wildman–Crippen LogP) is 1.68. The average molecular weight is 207 g/mol. The van der Waals surface area contributed by atoms with E-state index < -0.39 is 6.04 Å². The van der Waals surface area contributed by atoms with E-state index in [0.29, 0.717) is 6.61 Å². The van der Waals surface area contributed by atoms with E-state index >= 15 is 0 Å². The van der Waals surface area contributed by atoms with Crippen molar-refractivity contribution in [2.75, 3.05) is 6.61 Å². The zero-order chi connectivity index (χ0) is 11.3. The van der Waals surface area contributed by atoms with E-state index in [2.05, 4.69) is 0 Å². The van der Waals surface area contributed by atoms with Crippen molar-refractivity contribution < 1.29 is 9.53 Å². The van der Waals surface area contributed by atoms with Gasteiger partial charge < -0.3 is 10.5 Å². The van der Waals surface area contributed by atoms with Gasteiger partial charge in [0.1, 0.15) is 6.04 Å². The van der Waals surface area contributed by atoms with Crippen molar-refractivity contribution >= 4 is 5.97 Å². The number of hydrogen-bond donors (Lipinski definition) is 1. The molecule has 0 aromatic heterocycles. The van der Waals surface area contributed by atoms with Crippen LogP contribution >= 0.6 is 0 Å². The molecular weight excluding hydrogens is 190 g/mol. The number of carbonyl (C=O) groups excluding carboxylic acids is 1. The minimum absolute atomic E-state index is 0.0229. The minimum Gasteiger partial charge on any atom is -0.465 e. The lowest BCUT2D eigenvalue weighted by Crippen LogP contribution is -2.37. The van der Waals surface area contributed by atoms with Crippen molar-refractivity contribution in [2.45, 2.75) is 25.8 Å². The Morgan fingerprint density at radius 3 is 2.53 bits per heavy atom. The first-order valence-electron chi connectivity index (χ1n) is 5.14. The SMILES string of the molecule is CCOC(=O)[C@@H](N)[C@H](C)c1ccccc1. The lowest BCUT2D eigenvalue weighted by atomic mass is 9.94. The first-order chi connectivity index (χ1) is 7.16. The molecule has 3 nitrogen and oxygen atoms in total. The van der Waals surface area contributed by atoms with Crippen molar-refractivity contribution in [3.63, 3.8) is 0 Å². The van der Waals surface area contributed by atoms with Gasteiger partial charge in [0.05, 0.1) is 6.61 Å². The summed E-state index contributed by atoms with van der Waals surface area (Å²) >= 11 is 0. The maximum Gasteiger partial charge on any atom is 0.323 e. The monoisotopic (exact) mass is 207 g/mol. The number of benzene rings is 1. The Labute approximate surface area is 90.2 Å². The lowest BCUT2D eigenvalue weighted by Gasteiger charge is -2.18. The van der Waals surface area contributed by atoms with Crippen molar-refractivity contribution in [1.29, 1.82) is 0 Å². The van der Waals surface area contributed by atoms with Crippen LogP contribution in [0.1, 0.15) is 25.3 Å². The zero-order valence-corrected chi connectivity index (χ0v) is 9.14. The van der Waals surface area contributed by atoms with Gasteiger partial charge in [0.25, 0.3) is 0 Å². The molecule has 3 heteroatoms. The Morgan fingerprint density at radius 1 is 1.40 bits per heavy atom. The summed E-state index contributed by atoms with van der Waals surface area (Å²) in [5.41, 5.74) is 6.86. The summed E-state index contributed by atoms with van der Waals surface area (Å²) in [6.45, 7) is 4.07. The Morgan fingerprint density at radius 2 is 2.00 bits per heavy atom. The van der Waals surface area contributed by atoms with Crippen LogP contribution in [0.3, 0.4) is 0 Å². The van der Waals surface area contributed by atoms with Crippen LogP contribution in [-0.4, -0.2) is 18.6 Å². The van der Waals surface area contributed by atoms with Crippen LogP contribution in [0.4, 0.5) is 0 Å². The van der Waals surface area contributed by atoms with Crippen LogP contribution in [0.5, 0.6) is 0 Å². The van der Waals surface area contributed by atoms with Gasteiger partial charge in [-0.3, -0.25) is 4.79 Å². The molecule has 0 saturated carbocycles. The highest BCUT2D eigenvalue weighted by atomic mass is 16.5. The molecule has 15 heavy (non-hydrogen) atoms. The average Bonchev–Trinajstić information content (AvgIpc) is 2.28. The summed E-state index contributed by atoms with van der Waals surface area (Å²) in [6.07, 6.45) is 0. The number of rotatable bonds is 4.